The molecule has 2 aliphatic heterocycles. The lowest BCUT2D eigenvalue weighted by Crippen LogP contribution is -2.50. The molecule has 1 saturated heterocycles. The molecule has 148 valence electrons. The number of fused-ring (bicyclic) bond motifs is 1. The maximum Gasteiger partial charge on any atom is 0.321 e. The number of rotatable bonds is 4. The van der Waals surface area contributed by atoms with Crippen molar-refractivity contribution in [3.8, 4) is 11.5 Å². The van der Waals surface area contributed by atoms with Crippen LogP contribution < -0.4 is 14.8 Å². The lowest BCUT2D eigenvalue weighted by Gasteiger charge is -2.34. The van der Waals surface area contributed by atoms with Gasteiger partial charge in [0, 0.05) is 44.5 Å². The average molecular weight is 385 g/mol. The second-order valence-electron chi connectivity index (χ2n) is 6.96. The first-order valence-corrected chi connectivity index (χ1v) is 9.60. The van der Waals surface area contributed by atoms with Gasteiger partial charge in [0.15, 0.2) is 11.5 Å². The summed E-state index contributed by atoms with van der Waals surface area (Å²) in [5.74, 6) is 1.20. The number of amides is 2. The highest BCUT2D eigenvalue weighted by molar-refractivity contribution is 5.89. The van der Waals surface area contributed by atoms with Gasteiger partial charge in [-0.25, -0.2) is 9.18 Å². The van der Waals surface area contributed by atoms with Crippen LogP contribution in [0.4, 0.5) is 14.9 Å². The average Bonchev–Trinajstić information content (AvgIpc) is 2.73. The van der Waals surface area contributed by atoms with Crippen LogP contribution in [-0.4, -0.2) is 61.8 Å². The van der Waals surface area contributed by atoms with E-state index in [-0.39, 0.29) is 11.8 Å². The summed E-state index contributed by atoms with van der Waals surface area (Å²) < 4.78 is 24.8. The Morgan fingerprint density at radius 2 is 1.75 bits per heavy atom. The highest BCUT2D eigenvalue weighted by Crippen LogP contribution is 2.32. The summed E-state index contributed by atoms with van der Waals surface area (Å²) in [5, 5.41) is 2.93. The minimum atomic E-state index is -0.153. The van der Waals surface area contributed by atoms with E-state index in [1.807, 2.05) is 24.3 Å². The molecule has 1 N–H and O–H groups in total. The normalized spacial score (nSPS) is 16.7. The van der Waals surface area contributed by atoms with Crippen LogP contribution in [0.25, 0.3) is 0 Å². The first-order valence-electron chi connectivity index (χ1n) is 9.60. The lowest BCUT2D eigenvalue weighted by molar-refractivity contribution is 0.148. The molecule has 2 aliphatic rings. The monoisotopic (exact) mass is 385 g/mol. The summed E-state index contributed by atoms with van der Waals surface area (Å²) in [6.07, 6.45) is 0.677. The number of hydrogen-bond donors (Lipinski definition) is 1. The Bertz CT molecular complexity index is 837. The molecule has 2 aromatic rings. The quantitative estimate of drug-likeness (QED) is 0.879. The topological polar surface area (TPSA) is 54.0 Å². The van der Waals surface area contributed by atoms with Gasteiger partial charge in [-0.1, -0.05) is 18.2 Å². The Balaban J connectivity index is 1.25. The van der Waals surface area contributed by atoms with Crippen molar-refractivity contribution in [2.75, 3.05) is 51.3 Å². The van der Waals surface area contributed by atoms with Crippen LogP contribution in [0.5, 0.6) is 11.5 Å². The number of carbonyl (C=O) groups is 1. The van der Waals surface area contributed by atoms with Gasteiger partial charge in [-0.15, -0.1) is 0 Å². The van der Waals surface area contributed by atoms with E-state index >= 15 is 0 Å². The smallest absolute Gasteiger partial charge is 0.321 e. The zero-order chi connectivity index (χ0) is 19.3. The van der Waals surface area contributed by atoms with Crippen molar-refractivity contribution >= 4 is 11.7 Å². The molecule has 0 spiro atoms. The third-order valence-corrected chi connectivity index (χ3v) is 5.11. The largest absolute Gasteiger partial charge is 0.486 e. The van der Waals surface area contributed by atoms with E-state index in [1.54, 1.807) is 17.0 Å². The molecule has 0 aromatic heterocycles. The zero-order valence-electron chi connectivity index (χ0n) is 15.7. The SMILES string of the molecule is O=C(Nc1ccc2c(c1)OCCO2)N1CCN(CCc2ccccc2F)CC1. The van der Waals surface area contributed by atoms with E-state index in [4.69, 9.17) is 9.47 Å². The predicted molar refractivity (Wildman–Crippen MR) is 105 cm³/mol. The molecule has 28 heavy (non-hydrogen) atoms. The fraction of sp³-hybridized carbons (Fsp3) is 0.381. The van der Waals surface area contributed by atoms with E-state index < -0.39 is 0 Å². The summed E-state index contributed by atoms with van der Waals surface area (Å²) >= 11 is 0. The molecule has 0 atom stereocenters. The summed E-state index contributed by atoms with van der Waals surface area (Å²) in [4.78, 5) is 16.6. The summed E-state index contributed by atoms with van der Waals surface area (Å²) in [7, 11) is 0. The molecule has 2 heterocycles. The number of urea groups is 1. The molecule has 0 aliphatic carbocycles. The van der Waals surface area contributed by atoms with Crippen LogP contribution in [0, 0.1) is 5.82 Å². The first kappa shape index (κ1) is 18.6. The Morgan fingerprint density at radius 1 is 1.00 bits per heavy atom. The molecule has 1 fully saturated rings. The number of nitrogens with one attached hydrogen (secondary N) is 1. The standard InChI is InChI=1S/C21H24FN3O3/c22-18-4-2-1-3-16(18)7-8-24-9-11-25(12-10-24)21(26)23-17-5-6-19-20(15-17)28-14-13-27-19/h1-6,15H,7-14H2,(H,23,26). The summed E-state index contributed by atoms with van der Waals surface area (Å²) in [6.45, 7) is 4.70. The minimum Gasteiger partial charge on any atom is -0.486 e. The maximum absolute atomic E-state index is 13.7. The third kappa shape index (κ3) is 4.36. The number of piperazine rings is 1. The molecule has 4 rings (SSSR count). The van der Waals surface area contributed by atoms with Crippen molar-refractivity contribution in [1.29, 1.82) is 0 Å². The van der Waals surface area contributed by atoms with Gasteiger partial charge in [-0.2, -0.15) is 0 Å². The van der Waals surface area contributed by atoms with E-state index in [0.717, 1.165) is 25.2 Å². The van der Waals surface area contributed by atoms with Gasteiger partial charge in [0.1, 0.15) is 19.0 Å². The number of halogens is 1. The van der Waals surface area contributed by atoms with Crippen molar-refractivity contribution in [3.05, 3.63) is 53.8 Å². The maximum atomic E-state index is 13.7. The van der Waals surface area contributed by atoms with E-state index in [2.05, 4.69) is 10.2 Å². The predicted octanol–water partition coefficient (Wildman–Crippen LogP) is 2.99. The molecule has 0 saturated carbocycles. The third-order valence-electron chi connectivity index (χ3n) is 5.11. The van der Waals surface area contributed by atoms with Gasteiger partial charge in [-0.3, -0.25) is 4.90 Å². The van der Waals surface area contributed by atoms with Crippen LogP contribution in [0.2, 0.25) is 0 Å². The van der Waals surface area contributed by atoms with Crippen LogP contribution in [0.15, 0.2) is 42.5 Å². The first-order chi connectivity index (χ1) is 13.7. The molecule has 6 nitrogen and oxygen atoms in total. The fourth-order valence-electron chi connectivity index (χ4n) is 3.48. The van der Waals surface area contributed by atoms with Crippen LogP contribution in [0.1, 0.15) is 5.56 Å². The number of carbonyl (C=O) groups excluding carboxylic acids is 1. The number of benzene rings is 2. The molecule has 0 unspecified atom stereocenters. The molecule has 2 amide bonds. The van der Waals surface area contributed by atoms with Gasteiger partial charge in [0.25, 0.3) is 0 Å². The Hall–Kier alpha value is -2.80. The molecule has 7 heteroatoms. The van der Waals surface area contributed by atoms with E-state index in [0.29, 0.717) is 49.9 Å². The van der Waals surface area contributed by atoms with Gasteiger partial charge in [0.05, 0.1) is 0 Å². The number of ether oxygens (including phenoxy) is 2. The molecule has 0 bridgehead atoms. The fourth-order valence-corrected chi connectivity index (χ4v) is 3.48. The Labute approximate surface area is 163 Å². The zero-order valence-corrected chi connectivity index (χ0v) is 15.7. The number of hydrogen-bond acceptors (Lipinski definition) is 4. The number of nitrogens with zero attached hydrogens (tertiary/aromatic N) is 2. The van der Waals surface area contributed by atoms with Crippen molar-refractivity contribution in [1.82, 2.24) is 9.80 Å². The van der Waals surface area contributed by atoms with Gasteiger partial charge < -0.3 is 19.7 Å². The minimum absolute atomic E-state index is 0.120. The second kappa shape index (κ2) is 8.48. The van der Waals surface area contributed by atoms with Crippen LogP contribution >= 0.6 is 0 Å². The summed E-state index contributed by atoms with van der Waals surface area (Å²) in [6, 6.07) is 12.2. The van der Waals surface area contributed by atoms with Gasteiger partial charge in [0.2, 0.25) is 0 Å². The Kier molecular flexibility index (Phi) is 5.62. The van der Waals surface area contributed by atoms with Gasteiger partial charge in [-0.05, 0) is 30.2 Å². The molecule has 0 radical (unpaired) electrons. The van der Waals surface area contributed by atoms with E-state index in [9.17, 15) is 9.18 Å². The second-order valence-corrected chi connectivity index (χ2v) is 6.96. The highest BCUT2D eigenvalue weighted by atomic mass is 19.1. The molecule has 2 aromatic carbocycles. The van der Waals surface area contributed by atoms with E-state index in [1.165, 1.54) is 6.07 Å². The van der Waals surface area contributed by atoms with Gasteiger partial charge >= 0.3 is 6.03 Å². The Morgan fingerprint density at radius 3 is 2.54 bits per heavy atom. The molecular formula is C21H24FN3O3. The molecular weight excluding hydrogens is 361 g/mol. The number of anilines is 1. The van der Waals surface area contributed by atoms with Crippen LogP contribution in [-0.2, 0) is 6.42 Å². The van der Waals surface area contributed by atoms with Crippen molar-refractivity contribution < 1.29 is 18.7 Å². The van der Waals surface area contributed by atoms with Crippen LogP contribution in [0.3, 0.4) is 0 Å². The summed E-state index contributed by atoms with van der Waals surface area (Å²) in [5.41, 5.74) is 1.43. The van der Waals surface area contributed by atoms with Crippen molar-refractivity contribution in [2.24, 2.45) is 0 Å². The van der Waals surface area contributed by atoms with Crippen molar-refractivity contribution in [3.63, 3.8) is 0 Å². The highest BCUT2D eigenvalue weighted by Gasteiger charge is 2.22. The van der Waals surface area contributed by atoms with Crippen molar-refractivity contribution in [2.45, 2.75) is 6.42 Å². The lowest BCUT2D eigenvalue weighted by atomic mass is 10.1.